The van der Waals surface area contributed by atoms with Gasteiger partial charge in [-0.25, -0.2) is 0 Å². The van der Waals surface area contributed by atoms with Crippen molar-refractivity contribution in [1.82, 2.24) is 29.5 Å². The summed E-state index contributed by atoms with van der Waals surface area (Å²) in [7, 11) is 4.00. The van der Waals surface area contributed by atoms with Gasteiger partial charge in [0.2, 0.25) is 16.2 Å². The molecule has 12 heteroatoms. The van der Waals surface area contributed by atoms with E-state index in [4.69, 9.17) is 0 Å². The standard InChI is InChI=1S/C33H34N8O2S2/c1-40-18-22(25-10-3-5-12-27(25)40)15-24(42)17-34-32-38-36-30(44-32)20-8-7-9-21(14-20)31-37-39-33(45-31)35-29(43)16-23-19-41(2)28-13-6-4-11-26(23)28/h3-6,10-13,18-21H,7-9,14-17H2,1-2H3,(H,34,38)(H,35,39,43)/t20-,21-/m1/s1. The molecular formula is C33H34N8O2S2. The highest BCUT2D eigenvalue weighted by Gasteiger charge is 2.29. The number of ketones is 1. The first-order chi connectivity index (χ1) is 21.9. The first-order valence-electron chi connectivity index (χ1n) is 15.2. The minimum absolute atomic E-state index is 0.0972. The number of benzene rings is 2. The molecule has 1 aliphatic rings. The molecule has 2 aromatic carbocycles. The van der Waals surface area contributed by atoms with E-state index in [2.05, 4.69) is 53.8 Å². The highest BCUT2D eigenvalue weighted by atomic mass is 32.1. The quantitative estimate of drug-likeness (QED) is 0.183. The van der Waals surface area contributed by atoms with E-state index in [1.165, 1.54) is 22.7 Å². The fourth-order valence-corrected chi connectivity index (χ4v) is 8.27. The summed E-state index contributed by atoms with van der Waals surface area (Å²) in [6.07, 6.45) is 8.74. The average Bonchev–Trinajstić information content (AvgIpc) is 3.84. The van der Waals surface area contributed by atoms with Gasteiger partial charge in [-0.05, 0) is 42.5 Å². The fourth-order valence-electron chi connectivity index (χ4n) is 6.48. The molecule has 0 spiro atoms. The van der Waals surface area contributed by atoms with Crippen molar-refractivity contribution in [3.05, 3.63) is 82.1 Å². The molecule has 2 atom stereocenters. The zero-order valence-electron chi connectivity index (χ0n) is 25.2. The number of amides is 1. The third kappa shape index (κ3) is 6.25. The van der Waals surface area contributed by atoms with Gasteiger partial charge in [0.05, 0.1) is 13.0 Å². The van der Waals surface area contributed by atoms with Crippen LogP contribution in [0.3, 0.4) is 0 Å². The Kier molecular flexibility index (Phi) is 8.16. The van der Waals surface area contributed by atoms with Gasteiger partial charge in [0.15, 0.2) is 5.78 Å². The fraction of sp³-hybridized carbons (Fsp3) is 0.333. The maximum atomic E-state index is 12.9. The number of Topliss-reactive ketones (excluding diaryl/α,β-unsaturated/α-hetero) is 1. The first kappa shape index (κ1) is 29.3. The third-order valence-electron chi connectivity index (χ3n) is 8.63. The van der Waals surface area contributed by atoms with Crippen LogP contribution in [0, 0.1) is 0 Å². The lowest BCUT2D eigenvalue weighted by molar-refractivity contribution is -0.117. The minimum atomic E-state index is -0.0972. The Bertz CT molecular complexity index is 2000. The van der Waals surface area contributed by atoms with E-state index in [-0.39, 0.29) is 36.5 Å². The molecule has 1 aliphatic carbocycles. The number of hydrogen-bond donors (Lipinski definition) is 2. The average molecular weight is 639 g/mol. The molecule has 6 aromatic rings. The van der Waals surface area contributed by atoms with Gasteiger partial charge in [-0.2, -0.15) is 0 Å². The predicted molar refractivity (Wildman–Crippen MR) is 179 cm³/mol. The molecule has 4 aromatic heterocycles. The van der Waals surface area contributed by atoms with Gasteiger partial charge in [0.25, 0.3) is 0 Å². The molecule has 230 valence electrons. The smallest absolute Gasteiger partial charge is 0.230 e. The maximum Gasteiger partial charge on any atom is 0.230 e. The summed E-state index contributed by atoms with van der Waals surface area (Å²) in [5.41, 5.74) is 4.26. The number of nitrogens with one attached hydrogen (secondary N) is 2. The largest absolute Gasteiger partial charge is 0.353 e. The van der Waals surface area contributed by atoms with Crippen LogP contribution < -0.4 is 10.6 Å². The Morgan fingerprint density at radius 2 is 1.33 bits per heavy atom. The van der Waals surface area contributed by atoms with Gasteiger partial charge in [-0.1, -0.05) is 65.5 Å². The number of hydrogen-bond acceptors (Lipinski definition) is 9. The molecule has 2 N–H and O–H groups in total. The Hall–Kier alpha value is -4.42. The van der Waals surface area contributed by atoms with E-state index in [0.29, 0.717) is 16.7 Å². The van der Waals surface area contributed by atoms with Crippen molar-refractivity contribution in [2.75, 3.05) is 17.2 Å². The lowest BCUT2D eigenvalue weighted by Gasteiger charge is -2.25. The van der Waals surface area contributed by atoms with Crippen molar-refractivity contribution >= 4 is 66.4 Å². The van der Waals surface area contributed by atoms with E-state index < -0.39 is 0 Å². The molecule has 1 amide bonds. The second kappa shape index (κ2) is 12.5. The summed E-state index contributed by atoms with van der Waals surface area (Å²) in [5, 5.41) is 29.1. The number of carbonyl (C=O) groups is 2. The van der Waals surface area contributed by atoms with Crippen LogP contribution in [0.5, 0.6) is 0 Å². The molecule has 45 heavy (non-hydrogen) atoms. The van der Waals surface area contributed by atoms with Crippen molar-refractivity contribution in [2.45, 2.75) is 50.4 Å². The van der Waals surface area contributed by atoms with Crippen LogP contribution in [0.1, 0.15) is 58.7 Å². The van der Waals surface area contributed by atoms with Crippen LogP contribution in [-0.2, 0) is 36.5 Å². The van der Waals surface area contributed by atoms with E-state index in [1.807, 2.05) is 61.4 Å². The maximum absolute atomic E-state index is 12.9. The number of anilines is 2. The molecule has 1 fully saturated rings. The molecule has 7 rings (SSSR count). The zero-order chi connectivity index (χ0) is 30.9. The van der Waals surface area contributed by atoms with E-state index in [1.54, 1.807) is 0 Å². The van der Waals surface area contributed by atoms with Gasteiger partial charge in [0, 0.05) is 66.6 Å². The van der Waals surface area contributed by atoms with Crippen molar-refractivity contribution in [3.8, 4) is 0 Å². The van der Waals surface area contributed by atoms with E-state index in [9.17, 15) is 9.59 Å². The summed E-state index contributed by atoms with van der Waals surface area (Å²) < 4.78 is 4.11. The lowest BCUT2D eigenvalue weighted by atomic mass is 9.82. The summed E-state index contributed by atoms with van der Waals surface area (Å²) in [4.78, 5) is 25.7. The molecular weight excluding hydrogens is 605 g/mol. The second-order valence-corrected chi connectivity index (χ2v) is 13.8. The van der Waals surface area contributed by atoms with Crippen molar-refractivity contribution < 1.29 is 9.59 Å². The monoisotopic (exact) mass is 638 g/mol. The van der Waals surface area contributed by atoms with Crippen molar-refractivity contribution in [1.29, 1.82) is 0 Å². The summed E-state index contributed by atoms with van der Waals surface area (Å²) in [5.74, 6) is 0.543. The predicted octanol–water partition coefficient (Wildman–Crippen LogP) is 6.22. The van der Waals surface area contributed by atoms with E-state index >= 15 is 0 Å². The molecule has 0 aliphatic heterocycles. The van der Waals surface area contributed by atoms with Crippen LogP contribution in [0.15, 0.2) is 60.9 Å². The van der Waals surface area contributed by atoms with Gasteiger partial charge < -0.3 is 19.8 Å². The summed E-state index contributed by atoms with van der Waals surface area (Å²) in [6, 6.07) is 16.2. The Labute approximate surface area is 268 Å². The molecule has 0 bridgehead atoms. The molecule has 1 saturated carbocycles. The molecule has 10 nitrogen and oxygen atoms in total. The first-order valence-corrected chi connectivity index (χ1v) is 16.8. The molecule has 4 heterocycles. The minimum Gasteiger partial charge on any atom is -0.353 e. The number of aryl methyl sites for hydroxylation is 2. The highest BCUT2D eigenvalue weighted by molar-refractivity contribution is 7.15. The number of nitrogens with zero attached hydrogens (tertiary/aromatic N) is 6. The normalized spacial score (nSPS) is 16.8. The lowest BCUT2D eigenvalue weighted by Crippen LogP contribution is -2.15. The second-order valence-electron chi connectivity index (χ2n) is 11.8. The SMILES string of the molecule is Cn1cc(CC(=O)CNc2nnc([C@@H]3CCC[C@@H](c4nnc(NC(=O)Cc5cn(C)c6ccccc56)s4)C3)s2)c2ccccc21. The van der Waals surface area contributed by atoms with E-state index in [0.717, 1.165) is 68.6 Å². The Morgan fingerprint density at radius 1 is 0.778 bits per heavy atom. The van der Waals surface area contributed by atoms with Crippen molar-refractivity contribution in [3.63, 3.8) is 0 Å². The summed E-state index contributed by atoms with van der Waals surface area (Å²) >= 11 is 2.99. The summed E-state index contributed by atoms with van der Waals surface area (Å²) in [6.45, 7) is 0.213. The zero-order valence-corrected chi connectivity index (χ0v) is 26.8. The van der Waals surface area contributed by atoms with Gasteiger partial charge in [-0.15, -0.1) is 20.4 Å². The Morgan fingerprint density at radius 3 is 1.98 bits per heavy atom. The van der Waals surface area contributed by atoms with Crippen LogP contribution in [0.2, 0.25) is 0 Å². The molecule has 0 saturated heterocycles. The number of fused-ring (bicyclic) bond motifs is 2. The third-order valence-corrected chi connectivity index (χ3v) is 10.7. The number of rotatable bonds is 10. The topological polar surface area (TPSA) is 120 Å². The van der Waals surface area contributed by atoms with Crippen molar-refractivity contribution in [2.24, 2.45) is 14.1 Å². The molecule has 0 unspecified atom stereocenters. The molecule has 0 radical (unpaired) electrons. The number of aromatic nitrogens is 6. The Balaban J connectivity index is 0.927. The highest BCUT2D eigenvalue weighted by Crippen LogP contribution is 2.43. The van der Waals surface area contributed by atoms with Gasteiger partial charge >= 0.3 is 0 Å². The van der Waals surface area contributed by atoms with Crippen LogP contribution in [0.4, 0.5) is 10.3 Å². The number of para-hydroxylation sites is 2. The number of carbonyl (C=O) groups excluding carboxylic acids is 2. The van der Waals surface area contributed by atoms with Crippen LogP contribution in [0.25, 0.3) is 21.8 Å². The van der Waals surface area contributed by atoms with Crippen LogP contribution in [-0.4, -0.2) is 47.8 Å². The van der Waals surface area contributed by atoms with Crippen LogP contribution >= 0.6 is 22.7 Å². The van der Waals surface area contributed by atoms with Gasteiger partial charge in [-0.3, -0.25) is 9.59 Å². The van der Waals surface area contributed by atoms with Gasteiger partial charge in [0.1, 0.15) is 10.0 Å².